The van der Waals surface area contributed by atoms with Crippen molar-refractivity contribution in [2.45, 2.75) is 6.54 Å². The van der Waals surface area contributed by atoms with Crippen molar-refractivity contribution >= 4 is 23.2 Å². The van der Waals surface area contributed by atoms with Crippen molar-refractivity contribution in [3.8, 4) is 6.07 Å². The van der Waals surface area contributed by atoms with Crippen LogP contribution in [0.4, 0.5) is 5.69 Å². The molecule has 0 radical (unpaired) electrons. The smallest absolute Gasteiger partial charge is 0.255 e. The molecule has 0 saturated heterocycles. The molecule has 2 aromatic carbocycles. The molecule has 0 bridgehead atoms. The number of rotatable bonds is 3. The van der Waals surface area contributed by atoms with Crippen molar-refractivity contribution in [1.29, 1.82) is 5.26 Å². The van der Waals surface area contributed by atoms with Gasteiger partial charge in [0.25, 0.3) is 5.91 Å². The lowest BCUT2D eigenvalue weighted by Crippen LogP contribution is -2.26. The first-order valence-electron chi connectivity index (χ1n) is 6.31. The van der Waals surface area contributed by atoms with Crippen LogP contribution in [0.2, 0.25) is 5.02 Å². The molecule has 0 aliphatic heterocycles. The van der Waals surface area contributed by atoms with E-state index in [2.05, 4.69) is 6.07 Å². The zero-order valence-electron chi connectivity index (χ0n) is 11.5. The molecule has 2 aromatic rings. The van der Waals surface area contributed by atoms with Gasteiger partial charge in [-0.15, -0.1) is 0 Å². The fourth-order valence-corrected chi connectivity index (χ4v) is 2.20. The zero-order chi connectivity index (χ0) is 15.4. The maximum Gasteiger partial charge on any atom is 0.255 e. The summed E-state index contributed by atoms with van der Waals surface area (Å²) >= 11 is 6.04. The van der Waals surface area contributed by atoms with E-state index in [1.54, 1.807) is 43.4 Å². The van der Waals surface area contributed by atoms with Gasteiger partial charge in [-0.1, -0.05) is 23.7 Å². The van der Waals surface area contributed by atoms with Crippen LogP contribution < -0.4 is 5.73 Å². The summed E-state index contributed by atoms with van der Waals surface area (Å²) in [5.74, 6) is -0.213. The Bertz CT molecular complexity index is 722. The SMILES string of the molecule is CN(Cc1cccc(C#N)c1)C(=O)c1cc(N)ccc1Cl. The van der Waals surface area contributed by atoms with Gasteiger partial charge in [-0.25, -0.2) is 0 Å². The molecular formula is C16H14ClN3O. The van der Waals surface area contributed by atoms with Crippen LogP contribution in [0.5, 0.6) is 0 Å². The minimum atomic E-state index is -0.213. The number of nitrogens with two attached hydrogens (primary N) is 1. The van der Waals surface area contributed by atoms with Crippen molar-refractivity contribution in [3.63, 3.8) is 0 Å². The number of carbonyl (C=O) groups is 1. The van der Waals surface area contributed by atoms with Gasteiger partial charge in [0.2, 0.25) is 0 Å². The molecule has 4 nitrogen and oxygen atoms in total. The lowest BCUT2D eigenvalue weighted by Gasteiger charge is -2.18. The molecule has 0 heterocycles. The third-order valence-electron chi connectivity index (χ3n) is 3.04. The summed E-state index contributed by atoms with van der Waals surface area (Å²) < 4.78 is 0. The summed E-state index contributed by atoms with van der Waals surface area (Å²) in [7, 11) is 1.68. The highest BCUT2D eigenvalue weighted by Crippen LogP contribution is 2.21. The molecule has 0 atom stereocenters. The standard InChI is InChI=1S/C16H14ClN3O/c1-20(10-12-4-2-3-11(7-12)9-18)16(21)14-8-13(19)5-6-15(14)17/h2-8H,10,19H2,1H3. The van der Waals surface area contributed by atoms with E-state index in [-0.39, 0.29) is 5.91 Å². The molecule has 2 N–H and O–H groups in total. The first-order chi connectivity index (χ1) is 10.0. The predicted octanol–water partition coefficient (Wildman–Crippen LogP) is 3.07. The van der Waals surface area contributed by atoms with Crippen molar-refractivity contribution in [3.05, 3.63) is 64.2 Å². The highest BCUT2D eigenvalue weighted by atomic mass is 35.5. The van der Waals surface area contributed by atoms with E-state index in [9.17, 15) is 4.79 Å². The predicted molar refractivity (Wildman–Crippen MR) is 82.8 cm³/mol. The second-order valence-corrected chi connectivity index (χ2v) is 5.12. The number of nitrogen functional groups attached to an aromatic ring is 1. The summed E-state index contributed by atoms with van der Waals surface area (Å²) in [6.07, 6.45) is 0. The average molecular weight is 300 g/mol. The number of halogens is 1. The lowest BCUT2D eigenvalue weighted by atomic mass is 10.1. The van der Waals surface area contributed by atoms with Gasteiger partial charge in [-0.3, -0.25) is 4.79 Å². The van der Waals surface area contributed by atoms with E-state index < -0.39 is 0 Å². The summed E-state index contributed by atoms with van der Waals surface area (Å²) in [6.45, 7) is 0.388. The number of carbonyl (C=O) groups excluding carboxylic acids is 1. The number of benzene rings is 2. The van der Waals surface area contributed by atoms with Crippen LogP contribution in [0.15, 0.2) is 42.5 Å². The number of nitrogens with zero attached hydrogens (tertiary/aromatic N) is 2. The number of hydrogen-bond acceptors (Lipinski definition) is 3. The van der Waals surface area contributed by atoms with Crippen molar-refractivity contribution < 1.29 is 4.79 Å². The van der Waals surface area contributed by atoms with Gasteiger partial charge in [0.05, 0.1) is 22.2 Å². The van der Waals surface area contributed by atoms with Crippen molar-refractivity contribution in [2.75, 3.05) is 12.8 Å². The molecule has 106 valence electrons. The van der Waals surface area contributed by atoms with Crippen LogP contribution in [0, 0.1) is 11.3 Å². The average Bonchev–Trinajstić information content (AvgIpc) is 2.49. The van der Waals surface area contributed by atoms with Crippen molar-refractivity contribution in [2.24, 2.45) is 0 Å². The first kappa shape index (κ1) is 14.9. The van der Waals surface area contributed by atoms with E-state index in [0.29, 0.717) is 28.4 Å². The van der Waals surface area contributed by atoms with Gasteiger partial charge in [-0.05, 0) is 35.9 Å². The molecule has 0 aliphatic carbocycles. The summed E-state index contributed by atoms with van der Waals surface area (Å²) in [5.41, 5.74) is 7.99. The third kappa shape index (κ3) is 3.53. The summed E-state index contributed by atoms with van der Waals surface area (Å²) in [4.78, 5) is 13.9. The zero-order valence-corrected chi connectivity index (χ0v) is 12.3. The summed E-state index contributed by atoms with van der Waals surface area (Å²) in [5, 5.41) is 9.26. The minimum Gasteiger partial charge on any atom is -0.399 e. The van der Waals surface area contributed by atoms with Gasteiger partial charge in [-0.2, -0.15) is 5.26 Å². The Kier molecular flexibility index (Phi) is 4.46. The molecule has 5 heteroatoms. The van der Waals surface area contributed by atoms with Crippen LogP contribution in [0.25, 0.3) is 0 Å². The van der Waals surface area contributed by atoms with Crippen molar-refractivity contribution in [1.82, 2.24) is 4.90 Å². The van der Waals surface area contributed by atoms with Gasteiger partial charge in [0, 0.05) is 19.3 Å². The normalized spacial score (nSPS) is 9.95. The Labute approximate surface area is 128 Å². The number of nitriles is 1. The van der Waals surface area contributed by atoms with Crippen LogP contribution in [0.1, 0.15) is 21.5 Å². The molecule has 0 spiro atoms. The third-order valence-corrected chi connectivity index (χ3v) is 3.37. The Morgan fingerprint density at radius 3 is 2.81 bits per heavy atom. The monoisotopic (exact) mass is 299 g/mol. The van der Waals surface area contributed by atoms with E-state index in [1.807, 2.05) is 6.07 Å². The fraction of sp³-hybridized carbons (Fsp3) is 0.125. The number of hydrogen-bond donors (Lipinski definition) is 1. The van der Waals surface area contributed by atoms with Gasteiger partial charge in [0.15, 0.2) is 0 Å². The molecule has 0 aliphatic rings. The Hall–Kier alpha value is -2.51. The van der Waals surface area contributed by atoms with Crippen LogP contribution >= 0.6 is 11.6 Å². The lowest BCUT2D eigenvalue weighted by molar-refractivity contribution is 0.0785. The van der Waals surface area contributed by atoms with Crippen LogP contribution in [0.3, 0.4) is 0 Å². The second kappa shape index (κ2) is 6.29. The molecule has 0 saturated carbocycles. The Morgan fingerprint density at radius 1 is 1.33 bits per heavy atom. The molecule has 1 amide bonds. The first-order valence-corrected chi connectivity index (χ1v) is 6.68. The molecular weight excluding hydrogens is 286 g/mol. The summed E-state index contributed by atoms with van der Waals surface area (Å²) in [6, 6.07) is 14.0. The largest absolute Gasteiger partial charge is 0.399 e. The highest BCUT2D eigenvalue weighted by Gasteiger charge is 2.15. The van der Waals surface area contributed by atoms with Crippen LogP contribution in [-0.4, -0.2) is 17.9 Å². The molecule has 21 heavy (non-hydrogen) atoms. The van der Waals surface area contributed by atoms with Gasteiger partial charge >= 0.3 is 0 Å². The quantitative estimate of drug-likeness (QED) is 0.885. The fourth-order valence-electron chi connectivity index (χ4n) is 2.00. The van der Waals surface area contributed by atoms with Gasteiger partial charge in [0.1, 0.15) is 0 Å². The highest BCUT2D eigenvalue weighted by molar-refractivity contribution is 6.33. The topological polar surface area (TPSA) is 70.1 Å². The van der Waals surface area contributed by atoms with E-state index >= 15 is 0 Å². The molecule has 2 rings (SSSR count). The van der Waals surface area contributed by atoms with E-state index in [0.717, 1.165) is 5.56 Å². The molecule has 0 fully saturated rings. The Balaban J connectivity index is 2.19. The minimum absolute atomic E-state index is 0.213. The van der Waals surface area contributed by atoms with E-state index in [4.69, 9.17) is 22.6 Å². The Morgan fingerprint density at radius 2 is 2.10 bits per heavy atom. The number of anilines is 1. The maximum absolute atomic E-state index is 12.4. The van der Waals surface area contributed by atoms with E-state index in [1.165, 1.54) is 4.90 Å². The van der Waals surface area contributed by atoms with Crippen LogP contribution in [-0.2, 0) is 6.54 Å². The maximum atomic E-state index is 12.4. The second-order valence-electron chi connectivity index (χ2n) is 4.71. The molecule has 0 aromatic heterocycles. The van der Waals surface area contributed by atoms with Gasteiger partial charge < -0.3 is 10.6 Å². The molecule has 0 unspecified atom stereocenters. The number of amides is 1.